The summed E-state index contributed by atoms with van der Waals surface area (Å²) in [7, 11) is 0. The van der Waals surface area contributed by atoms with Crippen LogP contribution in [0.25, 0.3) is 22.5 Å². The van der Waals surface area contributed by atoms with Crippen molar-refractivity contribution in [2.45, 2.75) is 39.5 Å². The topological polar surface area (TPSA) is 85.0 Å². The van der Waals surface area contributed by atoms with E-state index in [4.69, 9.17) is 25.6 Å². The molecule has 7 nitrogen and oxygen atoms in total. The Morgan fingerprint density at radius 1 is 0.867 bits per heavy atom. The van der Waals surface area contributed by atoms with E-state index < -0.39 is 5.97 Å². The van der Waals surface area contributed by atoms with E-state index in [1.807, 2.05) is 91.9 Å². The van der Waals surface area contributed by atoms with Crippen LogP contribution >= 0.6 is 11.6 Å². The Bertz CT molecular complexity index is 1750. The summed E-state index contributed by atoms with van der Waals surface area (Å²) in [6.45, 7) is 4.91. The highest BCUT2D eigenvalue weighted by molar-refractivity contribution is 6.32. The fourth-order valence-electron chi connectivity index (χ4n) is 5.73. The first-order valence-corrected chi connectivity index (χ1v) is 15.5. The molecule has 2 heterocycles. The van der Waals surface area contributed by atoms with Gasteiger partial charge in [0.1, 0.15) is 24.7 Å². The third-order valence-electron chi connectivity index (χ3n) is 8.17. The summed E-state index contributed by atoms with van der Waals surface area (Å²) < 4.78 is 18.5. The maximum absolute atomic E-state index is 11.4. The van der Waals surface area contributed by atoms with Gasteiger partial charge in [-0.25, -0.2) is 0 Å². The number of carboxylic acids is 1. The molecule has 0 spiro atoms. The number of hydrogen-bond donors (Lipinski definition) is 1. The number of aromatic nitrogens is 1. The zero-order valence-corrected chi connectivity index (χ0v) is 25.9. The smallest absolute Gasteiger partial charge is 0.306 e. The number of rotatable bonds is 11. The second-order valence-corrected chi connectivity index (χ2v) is 11.8. The van der Waals surface area contributed by atoms with Crippen molar-refractivity contribution in [1.82, 2.24) is 10.1 Å². The highest BCUT2D eigenvalue weighted by Crippen LogP contribution is 2.44. The molecule has 0 atom stereocenters. The Hall–Kier alpha value is -4.59. The molecule has 45 heavy (non-hydrogen) atoms. The molecule has 0 amide bonds. The molecule has 0 bridgehead atoms. The van der Waals surface area contributed by atoms with Gasteiger partial charge < -0.3 is 19.1 Å². The van der Waals surface area contributed by atoms with Gasteiger partial charge in [0.15, 0.2) is 5.76 Å². The van der Waals surface area contributed by atoms with Gasteiger partial charge >= 0.3 is 5.97 Å². The normalized spacial score (nSPS) is 13.9. The van der Waals surface area contributed by atoms with E-state index in [1.165, 1.54) is 0 Å². The number of nitrogens with zero attached hydrogens (tertiary/aromatic N) is 2. The summed E-state index contributed by atoms with van der Waals surface area (Å²) in [6, 6.07) is 31.9. The fourth-order valence-corrected chi connectivity index (χ4v) is 5.95. The predicted octanol–water partition coefficient (Wildman–Crippen LogP) is 8.43. The SMILES string of the molecule is Cc1noc(-c2cc(Cl)c(OCc3ccccc3)cc2OCc2ccccc2)c1-c1cccc(CN2CCC(C(=O)O)CC2)c1. The van der Waals surface area contributed by atoms with Gasteiger partial charge in [0, 0.05) is 12.6 Å². The van der Waals surface area contributed by atoms with Gasteiger partial charge in [-0.05, 0) is 67.2 Å². The van der Waals surface area contributed by atoms with Crippen molar-refractivity contribution < 1.29 is 23.9 Å². The monoisotopic (exact) mass is 622 g/mol. The predicted molar refractivity (Wildman–Crippen MR) is 174 cm³/mol. The standard InChI is InChI=1S/C37H35ClN2O5/c1-25-35(30-14-8-13-28(19-30)22-40-17-15-29(16-18-40)37(41)42)36(45-39-25)31-20-32(38)34(44-24-27-11-6-3-7-12-27)21-33(31)43-23-26-9-4-2-5-10-26/h2-14,19-21,29H,15-18,22-24H2,1H3,(H,41,42). The number of ether oxygens (including phenoxy) is 2. The molecule has 0 radical (unpaired) electrons. The first-order chi connectivity index (χ1) is 21.9. The summed E-state index contributed by atoms with van der Waals surface area (Å²) in [6.07, 6.45) is 1.34. The van der Waals surface area contributed by atoms with Gasteiger partial charge in [0.05, 0.1) is 27.8 Å². The largest absolute Gasteiger partial charge is 0.488 e. The summed E-state index contributed by atoms with van der Waals surface area (Å²) in [5, 5.41) is 14.2. The van der Waals surface area contributed by atoms with Crippen LogP contribution < -0.4 is 9.47 Å². The fraction of sp³-hybridized carbons (Fsp3) is 0.243. The van der Waals surface area contributed by atoms with E-state index in [2.05, 4.69) is 22.2 Å². The quantitative estimate of drug-likeness (QED) is 0.158. The van der Waals surface area contributed by atoms with Crippen molar-refractivity contribution in [1.29, 1.82) is 0 Å². The average Bonchev–Trinajstić information content (AvgIpc) is 3.45. The molecule has 1 aromatic heterocycles. The summed E-state index contributed by atoms with van der Waals surface area (Å²) in [5.41, 5.74) is 6.45. The molecule has 1 aliphatic heterocycles. The molecule has 1 aliphatic rings. The number of aliphatic carboxylic acids is 1. The van der Waals surface area contributed by atoms with Gasteiger partial charge in [0.2, 0.25) is 0 Å². The third-order valence-corrected chi connectivity index (χ3v) is 8.47. The van der Waals surface area contributed by atoms with Crippen LogP contribution in [0.4, 0.5) is 0 Å². The number of hydrogen-bond acceptors (Lipinski definition) is 6. The zero-order valence-electron chi connectivity index (χ0n) is 25.1. The van der Waals surface area contributed by atoms with Crippen molar-refractivity contribution in [3.8, 4) is 33.9 Å². The van der Waals surface area contributed by atoms with Crippen molar-refractivity contribution in [3.63, 3.8) is 0 Å². The van der Waals surface area contributed by atoms with Crippen LogP contribution in [0.5, 0.6) is 11.5 Å². The molecular formula is C37H35ClN2O5. The molecular weight excluding hydrogens is 588 g/mol. The van der Waals surface area contributed by atoms with Crippen molar-refractivity contribution in [2.24, 2.45) is 5.92 Å². The molecule has 230 valence electrons. The molecule has 4 aromatic carbocycles. The van der Waals surface area contributed by atoms with Gasteiger partial charge in [-0.2, -0.15) is 0 Å². The Kier molecular flexibility index (Phi) is 9.48. The first kappa shape index (κ1) is 30.4. The number of carbonyl (C=O) groups is 1. The van der Waals surface area contributed by atoms with Crippen molar-refractivity contribution in [2.75, 3.05) is 13.1 Å². The van der Waals surface area contributed by atoms with Crippen molar-refractivity contribution >= 4 is 17.6 Å². The van der Waals surface area contributed by atoms with Gasteiger partial charge in [-0.1, -0.05) is 95.6 Å². The molecule has 0 unspecified atom stereocenters. The van der Waals surface area contributed by atoms with Gasteiger partial charge in [-0.3, -0.25) is 9.69 Å². The Balaban J connectivity index is 1.30. The molecule has 1 saturated heterocycles. The maximum Gasteiger partial charge on any atom is 0.306 e. The van der Waals surface area contributed by atoms with Crippen LogP contribution in [0, 0.1) is 12.8 Å². The van der Waals surface area contributed by atoms with E-state index in [0.717, 1.165) is 53.1 Å². The lowest BCUT2D eigenvalue weighted by atomic mass is 9.95. The van der Waals surface area contributed by atoms with Gasteiger partial charge in [-0.15, -0.1) is 0 Å². The number of benzene rings is 4. The number of carboxylic acid groups (broad SMARTS) is 1. The molecule has 0 saturated carbocycles. The van der Waals surface area contributed by atoms with Crippen LogP contribution in [0.3, 0.4) is 0 Å². The lowest BCUT2D eigenvalue weighted by Gasteiger charge is -2.30. The zero-order chi connectivity index (χ0) is 31.2. The summed E-state index contributed by atoms with van der Waals surface area (Å²) >= 11 is 6.82. The Morgan fingerprint density at radius 2 is 1.49 bits per heavy atom. The second-order valence-electron chi connectivity index (χ2n) is 11.4. The van der Waals surface area contributed by atoms with E-state index in [9.17, 15) is 9.90 Å². The third kappa shape index (κ3) is 7.39. The molecule has 6 rings (SSSR count). The first-order valence-electron chi connectivity index (χ1n) is 15.1. The lowest BCUT2D eigenvalue weighted by molar-refractivity contribution is -0.143. The van der Waals surface area contributed by atoms with Crippen LogP contribution in [0.1, 0.15) is 35.2 Å². The lowest BCUT2D eigenvalue weighted by Crippen LogP contribution is -2.35. The Morgan fingerprint density at radius 3 is 2.13 bits per heavy atom. The molecule has 1 fully saturated rings. The van der Waals surface area contributed by atoms with E-state index in [-0.39, 0.29) is 5.92 Å². The van der Waals surface area contributed by atoms with Crippen LogP contribution in [0.2, 0.25) is 5.02 Å². The Labute approximate surface area is 268 Å². The molecule has 8 heteroatoms. The average molecular weight is 623 g/mol. The van der Waals surface area contributed by atoms with E-state index in [0.29, 0.717) is 53.9 Å². The van der Waals surface area contributed by atoms with E-state index >= 15 is 0 Å². The number of aryl methyl sites for hydroxylation is 1. The highest BCUT2D eigenvalue weighted by atomic mass is 35.5. The summed E-state index contributed by atoms with van der Waals surface area (Å²) in [5.74, 6) is 0.691. The second kappa shape index (κ2) is 14.0. The van der Waals surface area contributed by atoms with Crippen LogP contribution in [-0.2, 0) is 24.6 Å². The molecule has 0 aliphatic carbocycles. The number of halogens is 1. The minimum absolute atomic E-state index is 0.255. The van der Waals surface area contributed by atoms with Gasteiger partial charge in [0.25, 0.3) is 0 Å². The molecule has 5 aromatic rings. The number of piperidine rings is 1. The van der Waals surface area contributed by atoms with Crippen LogP contribution in [0.15, 0.2) is 102 Å². The molecule has 1 N–H and O–H groups in total. The maximum atomic E-state index is 11.4. The minimum atomic E-state index is -0.699. The van der Waals surface area contributed by atoms with Crippen molar-refractivity contribution in [3.05, 3.63) is 124 Å². The highest BCUT2D eigenvalue weighted by Gasteiger charge is 2.26. The number of likely N-dealkylation sites (tertiary alicyclic amines) is 1. The minimum Gasteiger partial charge on any atom is -0.488 e. The van der Waals surface area contributed by atoms with E-state index in [1.54, 1.807) is 0 Å². The summed E-state index contributed by atoms with van der Waals surface area (Å²) in [4.78, 5) is 13.7. The van der Waals surface area contributed by atoms with Crippen LogP contribution in [-0.4, -0.2) is 34.2 Å².